The Hall–Kier alpha value is -0.350. The standard InChI is InChI=1S/C7H4Br2O2/c8-6-4-2-1-3-5(6)7(10)11-9/h1-4H. The van der Waals surface area contributed by atoms with Crippen molar-refractivity contribution >= 4 is 38.2 Å². The lowest BCUT2D eigenvalue weighted by Crippen LogP contribution is -1.97. The molecule has 0 saturated heterocycles. The topological polar surface area (TPSA) is 26.3 Å². The average Bonchev–Trinajstić information content (AvgIpc) is 2.04. The number of hydrogen-bond acceptors (Lipinski definition) is 2. The first kappa shape index (κ1) is 8.74. The Morgan fingerprint density at radius 1 is 1.36 bits per heavy atom. The molecule has 0 bridgehead atoms. The summed E-state index contributed by atoms with van der Waals surface area (Å²) in [5.41, 5.74) is 0.504. The van der Waals surface area contributed by atoms with Crippen molar-refractivity contribution in [3.05, 3.63) is 34.3 Å². The lowest BCUT2D eigenvalue weighted by atomic mass is 10.2. The quantitative estimate of drug-likeness (QED) is 0.790. The molecule has 0 radical (unpaired) electrons. The van der Waals surface area contributed by atoms with Crippen LogP contribution in [0.4, 0.5) is 0 Å². The van der Waals surface area contributed by atoms with E-state index in [1.807, 2.05) is 6.07 Å². The van der Waals surface area contributed by atoms with E-state index in [2.05, 4.69) is 36.0 Å². The molecule has 1 aromatic carbocycles. The molecule has 0 unspecified atom stereocenters. The van der Waals surface area contributed by atoms with E-state index >= 15 is 0 Å². The van der Waals surface area contributed by atoms with Crippen LogP contribution in [0.2, 0.25) is 0 Å². The van der Waals surface area contributed by atoms with E-state index < -0.39 is 5.97 Å². The van der Waals surface area contributed by atoms with Crippen LogP contribution in [0.25, 0.3) is 0 Å². The second kappa shape index (κ2) is 3.88. The Morgan fingerprint density at radius 3 is 2.55 bits per heavy atom. The largest absolute Gasteiger partial charge is 0.380 e. The van der Waals surface area contributed by atoms with Crippen molar-refractivity contribution in [2.75, 3.05) is 0 Å². The molecule has 4 heteroatoms. The summed E-state index contributed by atoms with van der Waals surface area (Å²) in [5, 5.41) is 0. The van der Waals surface area contributed by atoms with Crippen LogP contribution >= 0.6 is 32.2 Å². The molecule has 2 nitrogen and oxygen atoms in total. The normalized spacial score (nSPS) is 9.27. The summed E-state index contributed by atoms with van der Waals surface area (Å²) < 4.78 is 5.09. The Morgan fingerprint density at radius 2 is 2.00 bits per heavy atom. The van der Waals surface area contributed by atoms with Crippen molar-refractivity contribution in [3.8, 4) is 0 Å². The van der Waals surface area contributed by atoms with Gasteiger partial charge >= 0.3 is 5.97 Å². The maximum Gasteiger partial charge on any atom is 0.350 e. The first-order valence-corrected chi connectivity index (χ1v) is 4.27. The molecular weight excluding hydrogens is 276 g/mol. The molecule has 0 aliphatic rings. The van der Waals surface area contributed by atoms with Crippen LogP contribution in [-0.4, -0.2) is 5.97 Å². The van der Waals surface area contributed by atoms with Crippen LogP contribution in [0.1, 0.15) is 10.4 Å². The molecule has 0 spiro atoms. The molecule has 1 aromatic rings. The van der Waals surface area contributed by atoms with Crippen molar-refractivity contribution < 1.29 is 8.62 Å². The molecule has 0 atom stereocenters. The van der Waals surface area contributed by atoms with Gasteiger partial charge in [0, 0.05) is 4.47 Å². The highest BCUT2D eigenvalue weighted by Crippen LogP contribution is 2.17. The lowest BCUT2D eigenvalue weighted by molar-refractivity contribution is 0.0781. The van der Waals surface area contributed by atoms with E-state index in [1.165, 1.54) is 0 Å². The highest BCUT2D eigenvalue weighted by molar-refractivity contribution is 9.10. The number of benzene rings is 1. The summed E-state index contributed by atoms with van der Waals surface area (Å²) in [7, 11) is 0. The lowest BCUT2D eigenvalue weighted by Gasteiger charge is -1.97. The Bertz CT molecular complexity index is 273. The van der Waals surface area contributed by atoms with Gasteiger partial charge in [0.25, 0.3) is 0 Å². The number of hydrogen-bond donors (Lipinski definition) is 0. The third-order valence-electron chi connectivity index (χ3n) is 1.16. The van der Waals surface area contributed by atoms with E-state index in [9.17, 15) is 4.79 Å². The van der Waals surface area contributed by atoms with Crippen LogP contribution in [0.3, 0.4) is 0 Å². The highest BCUT2D eigenvalue weighted by atomic mass is 79.9. The fourth-order valence-corrected chi connectivity index (χ4v) is 1.29. The second-order valence-corrected chi connectivity index (χ2v) is 3.02. The third-order valence-corrected chi connectivity index (χ3v) is 2.15. The molecule has 11 heavy (non-hydrogen) atoms. The van der Waals surface area contributed by atoms with Gasteiger partial charge in [-0.25, -0.2) is 4.79 Å². The molecular formula is C7H4Br2O2. The van der Waals surface area contributed by atoms with Crippen LogP contribution < -0.4 is 0 Å². The number of carbonyl (C=O) groups excluding carboxylic acids is 1. The van der Waals surface area contributed by atoms with Gasteiger partial charge in [0.15, 0.2) is 16.3 Å². The summed E-state index contributed by atoms with van der Waals surface area (Å²) in [4.78, 5) is 10.9. The summed E-state index contributed by atoms with van der Waals surface area (Å²) in [5.74, 6) is -0.405. The van der Waals surface area contributed by atoms with E-state index in [1.54, 1.807) is 18.2 Å². The van der Waals surface area contributed by atoms with Gasteiger partial charge in [-0.05, 0) is 28.1 Å². The minimum atomic E-state index is -0.405. The molecule has 1 rings (SSSR count). The molecule has 0 N–H and O–H groups in total. The second-order valence-electron chi connectivity index (χ2n) is 1.84. The van der Waals surface area contributed by atoms with Crippen LogP contribution in [0.15, 0.2) is 28.7 Å². The molecule has 0 aliphatic heterocycles. The fourth-order valence-electron chi connectivity index (χ4n) is 0.668. The van der Waals surface area contributed by atoms with Crippen molar-refractivity contribution in [1.29, 1.82) is 0 Å². The fraction of sp³-hybridized carbons (Fsp3) is 0. The SMILES string of the molecule is O=C(OBr)c1ccccc1Br. The maximum atomic E-state index is 10.9. The molecule has 0 aromatic heterocycles. The molecule has 0 amide bonds. The van der Waals surface area contributed by atoms with Gasteiger partial charge < -0.3 is 3.83 Å². The van der Waals surface area contributed by atoms with Gasteiger partial charge in [-0.2, -0.15) is 0 Å². The third kappa shape index (κ3) is 2.04. The number of halogens is 2. The van der Waals surface area contributed by atoms with E-state index in [4.69, 9.17) is 0 Å². The van der Waals surface area contributed by atoms with Gasteiger partial charge in [-0.3, -0.25) is 0 Å². The maximum absolute atomic E-state index is 10.9. The zero-order valence-corrected chi connectivity index (χ0v) is 8.55. The molecule has 0 aliphatic carbocycles. The van der Waals surface area contributed by atoms with Crippen LogP contribution in [0, 0.1) is 0 Å². The molecule has 58 valence electrons. The Labute approximate surface area is 81.1 Å². The van der Waals surface area contributed by atoms with Crippen molar-refractivity contribution in [3.63, 3.8) is 0 Å². The minimum absolute atomic E-state index is 0.405. The van der Waals surface area contributed by atoms with Crippen LogP contribution in [-0.2, 0) is 3.83 Å². The Balaban J connectivity index is 3.03. The summed E-state index contributed by atoms with van der Waals surface area (Å²) >= 11 is 5.83. The zero-order valence-electron chi connectivity index (χ0n) is 5.38. The van der Waals surface area contributed by atoms with Crippen molar-refractivity contribution in [2.24, 2.45) is 0 Å². The predicted molar refractivity (Wildman–Crippen MR) is 48.5 cm³/mol. The smallest absolute Gasteiger partial charge is 0.350 e. The summed E-state index contributed by atoms with van der Waals surface area (Å²) in [6.45, 7) is 0. The highest BCUT2D eigenvalue weighted by Gasteiger charge is 2.08. The summed E-state index contributed by atoms with van der Waals surface area (Å²) in [6.07, 6.45) is 0. The predicted octanol–water partition coefficient (Wildman–Crippen LogP) is 2.92. The van der Waals surface area contributed by atoms with Crippen molar-refractivity contribution in [1.82, 2.24) is 0 Å². The van der Waals surface area contributed by atoms with Gasteiger partial charge in [0.1, 0.15) is 0 Å². The van der Waals surface area contributed by atoms with Crippen LogP contribution in [0.5, 0.6) is 0 Å². The monoisotopic (exact) mass is 278 g/mol. The first-order chi connectivity index (χ1) is 5.25. The minimum Gasteiger partial charge on any atom is -0.380 e. The summed E-state index contributed by atoms with van der Waals surface area (Å²) in [6, 6.07) is 7.05. The van der Waals surface area contributed by atoms with E-state index in [0.717, 1.165) is 4.47 Å². The molecule has 0 saturated carbocycles. The van der Waals surface area contributed by atoms with Gasteiger partial charge in [0.2, 0.25) is 0 Å². The Kier molecular flexibility index (Phi) is 3.08. The molecule has 0 fully saturated rings. The van der Waals surface area contributed by atoms with Gasteiger partial charge in [0.05, 0.1) is 5.56 Å². The molecule has 0 heterocycles. The van der Waals surface area contributed by atoms with Crippen molar-refractivity contribution in [2.45, 2.75) is 0 Å². The first-order valence-electron chi connectivity index (χ1n) is 2.83. The number of rotatable bonds is 1. The van der Waals surface area contributed by atoms with E-state index in [-0.39, 0.29) is 0 Å². The van der Waals surface area contributed by atoms with E-state index in [0.29, 0.717) is 5.56 Å². The van der Waals surface area contributed by atoms with Gasteiger partial charge in [-0.1, -0.05) is 12.1 Å². The average molecular weight is 280 g/mol. The zero-order chi connectivity index (χ0) is 8.27. The number of carbonyl (C=O) groups is 1. The van der Waals surface area contributed by atoms with Gasteiger partial charge in [-0.15, -0.1) is 0 Å².